The van der Waals surface area contributed by atoms with Crippen LogP contribution in [-0.4, -0.2) is 9.78 Å². The lowest BCUT2D eigenvalue weighted by molar-refractivity contribution is 0.446. The zero-order valence-corrected chi connectivity index (χ0v) is 7.75. The van der Waals surface area contributed by atoms with Crippen molar-refractivity contribution in [3.05, 3.63) is 11.2 Å². The summed E-state index contributed by atoms with van der Waals surface area (Å²) in [5.41, 5.74) is 5.74. The van der Waals surface area contributed by atoms with Crippen LogP contribution in [0.15, 0.2) is 6.20 Å². The maximum atomic E-state index is 5.79. The van der Waals surface area contributed by atoms with Gasteiger partial charge >= 0.3 is 0 Å². The van der Waals surface area contributed by atoms with Crippen molar-refractivity contribution in [1.82, 2.24) is 9.78 Å². The monoisotopic (exact) mass is 185 g/mol. The Hall–Kier alpha value is -0.700. The Bertz CT molecular complexity index is 290. The lowest BCUT2D eigenvalue weighted by atomic mass is 10.2. The SMILES string of the molecule is CC(C1CC1)n1ncc(Cl)c1N. The minimum atomic E-state index is 0.400. The number of rotatable bonds is 2. The normalized spacial score (nSPS) is 19.5. The van der Waals surface area contributed by atoms with Gasteiger partial charge < -0.3 is 5.73 Å². The first-order valence-corrected chi connectivity index (χ1v) is 4.56. The fraction of sp³-hybridized carbons (Fsp3) is 0.625. The fourth-order valence-electron chi connectivity index (χ4n) is 1.45. The van der Waals surface area contributed by atoms with E-state index >= 15 is 0 Å². The highest BCUT2D eigenvalue weighted by Gasteiger charge is 2.30. The van der Waals surface area contributed by atoms with Gasteiger partial charge in [-0.3, -0.25) is 0 Å². The maximum absolute atomic E-state index is 5.79. The molecule has 1 saturated carbocycles. The zero-order chi connectivity index (χ0) is 8.72. The van der Waals surface area contributed by atoms with Gasteiger partial charge in [0.2, 0.25) is 0 Å². The third kappa shape index (κ3) is 1.18. The van der Waals surface area contributed by atoms with Crippen molar-refractivity contribution in [2.45, 2.75) is 25.8 Å². The van der Waals surface area contributed by atoms with Crippen LogP contribution in [0, 0.1) is 5.92 Å². The molecule has 3 nitrogen and oxygen atoms in total. The van der Waals surface area contributed by atoms with E-state index < -0.39 is 0 Å². The molecule has 0 aromatic carbocycles. The van der Waals surface area contributed by atoms with Crippen LogP contribution in [0.5, 0.6) is 0 Å². The summed E-state index contributed by atoms with van der Waals surface area (Å²) >= 11 is 5.79. The molecule has 4 heteroatoms. The van der Waals surface area contributed by atoms with E-state index in [2.05, 4.69) is 12.0 Å². The smallest absolute Gasteiger partial charge is 0.140 e. The summed E-state index contributed by atoms with van der Waals surface area (Å²) in [7, 11) is 0. The Morgan fingerprint density at radius 2 is 2.42 bits per heavy atom. The van der Waals surface area contributed by atoms with Gasteiger partial charge in [0, 0.05) is 0 Å². The van der Waals surface area contributed by atoms with Crippen molar-refractivity contribution in [3.63, 3.8) is 0 Å². The van der Waals surface area contributed by atoms with Crippen LogP contribution in [-0.2, 0) is 0 Å². The number of nitrogens with two attached hydrogens (primary N) is 1. The molecule has 1 fully saturated rings. The van der Waals surface area contributed by atoms with E-state index in [9.17, 15) is 0 Å². The van der Waals surface area contributed by atoms with Crippen molar-refractivity contribution in [1.29, 1.82) is 0 Å². The molecule has 66 valence electrons. The van der Waals surface area contributed by atoms with Gasteiger partial charge in [0.1, 0.15) is 10.8 Å². The number of nitrogen functional groups attached to an aromatic ring is 1. The average Bonchev–Trinajstić information content (AvgIpc) is 2.82. The van der Waals surface area contributed by atoms with Crippen LogP contribution >= 0.6 is 11.6 Å². The first-order valence-electron chi connectivity index (χ1n) is 4.18. The van der Waals surface area contributed by atoms with E-state index in [1.54, 1.807) is 6.20 Å². The lowest BCUT2D eigenvalue weighted by Crippen LogP contribution is -2.11. The predicted octanol–water partition coefficient (Wildman–Crippen LogP) is 2.09. The summed E-state index contributed by atoms with van der Waals surface area (Å²) in [4.78, 5) is 0. The second kappa shape index (κ2) is 2.66. The number of nitrogens with zero attached hydrogens (tertiary/aromatic N) is 2. The molecule has 0 bridgehead atoms. The molecule has 0 aliphatic heterocycles. The van der Waals surface area contributed by atoms with Crippen LogP contribution in [0.1, 0.15) is 25.8 Å². The van der Waals surface area contributed by atoms with Crippen molar-refractivity contribution in [3.8, 4) is 0 Å². The Morgan fingerprint density at radius 3 is 2.83 bits per heavy atom. The van der Waals surface area contributed by atoms with Crippen molar-refractivity contribution < 1.29 is 0 Å². The summed E-state index contributed by atoms with van der Waals surface area (Å²) in [6.45, 7) is 2.14. The van der Waals surface area contributed by atoms with Gasteiger partial charge in [-0.15, -0.1) is 0 Å². The van der Waals surface area contributed by atoms with E-state index in [0.29, 0.717) is 16.9 Å². The number of hydrogen-bond donors (Lipinski definition) is 1. The third-order valence-corrected chi connectivity index (χ3v) is 2.77. The van der Waals surface area contributed by atoms with Gasteiger partial charge in [0.25, 0.3) is 0 Å². The minimum absolute atomic E-state index is 0.400. The molecule has 0 amide bonds. The van der Waals surface area contributed by atoms with Crippen LogP contribution in [0.3, 0.4) is 0 Å². The van der Waals surface area contributed by atoms with E-state index in [4.69, 9.17) is 17.3 Å². The number of halogens is 1. The highest BCUT2D eigenvalue weighted by atomic mass is 35.5. The molecular formula is C8H12ClN3. The number of anilines is 1. The molecule has 1 heterocycles. The first kappa shape index (κ1) is 7.92. The van der Waals surface area contributed by atoms with Gasteiger partial charge in [0.15, 0.2) is 0 Å². The minimum Gasteiger partial charge on any atom is -0.383 e. The molecule has 1 aliphatic rings. The predicted molar refractivity (Wildman–Crippen MR) is 49.1 cm³/mol. The molecule has 1 aromatic rings. The molecule has 1 atom stereocenters. The third-order valence-electron chi connectivity index (χ3n) is 2.48. The summed E-state index contributed by atoms with van der Waals surface area (Å²) in [6, 6.07) is 0.400. The van der Waals surface area contributed by atoms with Crippen LogP contribution in [0.2, 0.25) is 5.02 Å². The van der Waals surface area contributed by atoms with Crippen molar-refractivity contribution >= 4 is 17.4 Å². The summed E-state index contributed by atoms with van der Waals surface area (Å²) in [6.07, 6.45) is 4.19. The molecule has 0 spiro atoms. The average molecular weight is 186 g/mol. The molecule has 0 saturated heterocycles. The summed E-state index contributed by atoms with van der Waals surface area (Å²) in [5.74, 6) is 1.35. The molecule has 1 unspecified atom stereocenters. The van der Waals surface area contributed by atoms with E-state index in [0.717, 1.165) is 5.92 Å². The number of hydrogen-bond acceptors (Lipinski definition) is 2. The molecular weight excluding hydrogens is 174 g/mol. The summed E-state index contributed by atoms with van der Waals surface area (Å²) in [5, 5.41) is 4.69. The number of aromatic nitrogens is 2. The molecule has 1 aliphatic carbocycles. The van der Waals surface area contributed by atoms with Gasteiger partial charge in [-0.2, -0.15) is 5.10 Å². The maximum Gasteiger partial charge on any atom is 0.140 e. The second-order valence-corrected chi connectivity index (χ2v) is 3.81. The van der Waals surface area contributed by atoms with Gasteiger partial charge in [-0.1, -0.05) is 11.6 Å². The van der Waals surface area contributed by atoms with E-state index in [-0.39, 0.29) is 0 Å². The first-order chi connectivity index (χ1) is 5.70. The highest BCUT2D eigenvalue weighted by molar-refractivity contribution is 6.32. The quantitative estimate of drug-likeness (QED) is 0.767. The topological polar surface area (TPSA) is 43.8 Å². The Morgan fingerprint density at radius 1 is 1.75 bits per heavy atom. The molecule has 0 radical (unpaired) electrons. The standard InChI is InChI=1S/C8H12ClN3/c1-5(6-2-3-6)12-8(10)7(9)4-11-12/h4-6H,2-3,10H2,1H3. The lowest BCUT2D eigenvalue weighted by Gasteiger charge is -2.11. The molecule has 12 heavy (non-hydrogen) atoms. The Balaban J connectivity index is 2.25. The van der Waals surface area contributed by atoms with Gasteiger partial charge in [-0.25, -0.2) is 4.68 Å². The summed E-state index contributed by atoms with van der Waals surface area (Å²) < 4.78 is 1.82. The van der Waals surface area contributed by atoms with Gasteiger partial charge in [-0.05, 0) is 25.7 Å². The van der Waals surface area contributed by atoms with E-state index in [1.165, 1.54) is 12.8 Å². The highest BCUT2D eigenvalue weighted by Crippen LogP contribution is 2.40. The largest absolute Gasteiger partial charge is 0.383 e. The van der Waals surface area contributed by atoms with Crippen LogP contribution in [0.25, 0.3) is 0 Å². The van der Waals surface area contributed by atoms with Crippen LogP contribution < -0.4 is 5.73 Å². The molecule has 1 aromatic heterocycles. The van der Waals surface area contributed by atoms with Crippen molar-refractivity contribution in [2.75, 3.05) is 5.73 Å². The molecule has 2 N–H and O–H groups in total. The Kier molecular flexibility index (Phi) is 1.76. The van der Waals surface area contributed by atoms with Crippen molar-refractivity contribution in [2.24, 2.45) is 5.92 Å². The molecule has 2 rings (SSSR count). The van der Waals surface area contributed by atoms with Crippen LogP contribution in [0.4, 0.5) is 5.82 Å². The Labute approximate surface area is 76.5 Å². The zero-order valence-electron chi connectivity index (χ0n) is 7.00. The second-order valence-electron chi connectivity index (χ2n) is 3.40. The van der Waals surface area contributed by atoms with E-state index in [1.807, 2.05) is 4.68 Å². The fourth-order valence-corrected chi connectivity index (χ4v) is 1.58. The van der Waals surface area contributed by atoms with Gasteiger partial charge in [0.05, 0.1) is 12.2 Å².